The Hall–Kier alpha value is -2.62. The molecule has 1 aromatic rings. The Bertz CT molecular complexity index is 640. The van der Waals surface area contributed by atoms with E-state index in [2.05, 4.69) is 10.6 Å². The van der Waals surface area contributed by atoms with Crippen molar-refractivity contribution in [2.45, 2.75) is 6.92 Å². The van der Waals surface area contributed by atoms with Gasteiger partial charge in [0.2, 0.25) is 11.8 Å². The SMILES string of the molecule is CCNC(=O)NC(=O)CN(C)CC(=O)Nc1ccc(F)c(F)c1F. The quantitative estimate of drug-likeness (QED) is 0.665. The van der Waals surface area contributed by atoms with Crippen LogP contribution in [0.4, 0.5) is 23.7 Å². The fourth-order valence-corrected chi connectivity index (χ4v) is 1.73. The first kappa shape index (κ1) is 19.4. The molecule has 0 fully saturated rings. The van der Waals surface area contributed by atoms with E-state index >= 15 is 0 Å². The van der Waals surface area contributed by atoms with Crippen LogP contribution in [0.2, 0.25) is 0 Å². The summed E-state index contributed by atoms with van der Waals surface area (Å²) in [5.41, 5.74) is -0.515. The number of benzene rings is 1. The fraction of sp³-hybridized carbons (Fsp3) is 0.357. The van der Waals surface area contributed by atoms with Gasteiger partial charge in [0.1, 0.15) is 0 Å². The summed E-state index contributed by atoms with van der Waals surface area (Å²) in [6.07, 6.45) is 0. The molecule has 0 unspecified atom stereocenters. The zero-order valence-electron chi connectivity index (χ0n) is 13.1. The first-order valence-corrected chi connectivity index (χ1v) is 6.94. The molecule has 3 N–H and O–H groups in total. The van der Waals surface area contributed by atoms with E-state index in [1.165, 1.54) is 11.9 Å². The van der Waals surface area contributed by atoms with Crippen LogP contribution in [0.1, 0.15) is 6.92 Å². The summed E-state index contributed by atoms with van der Waals surface area (Å²) in [6.45, 7) is 1.42. The van der Waals surface area contributed by atoms with Crippen LogP contribution in [0.15, 0.2) is 12.1 Å². The van der Waals surface area contributed by atoms with Crippen molar-refractivity contribution in [3.8, 4) is 0 Å². The normalized spacial score (nSPS) is 10.4. The van der Waals surface area contributed by atoms with Gasteiger partial charge in [-0.15, -0.1) is 0 Å². The third kappa shape index (κ3) is 5.88. The Morgan fingerprint density at radius 3 is 2.29 bits per heavy atom. The van der Waals surface area contributed by atoms with Gasteiger partial charge in [-0.05, 0) is 26.1 Å². The van der Waals surface area contributed by atoms with E-state index in [0.717, 1.165) is 6.07 Å². The molecule has 1 aromatic carbocycles. The summed E-state index contributed by atoms with van der Waals surface area (Å²) < 4.78 is 39.3. The maximum atomic E-state index is 13.4. The van der Waals surface area contributed by atoms with Crippen molar-refractivity contribution in [1.29, 1.82) is 0 Å². The number of halogens is 3. The number of likely N-dealkylation sites (N-methyl/N-ethyl adjacent to an activating group) is 1. The number of imide groups is 1. The molecule has 0 aliphatic carbocycles. The molecule has 0 atom stereocenters. The van der Waals surface area contributed by atoms with Crippen LogP contribution in [0.3, 0.4) is 0 Å². The Kier molecular flexibility index (Phi) is 7.18. The standard InChI is InChI=1S/C14H17F3N4O3/c1-3-18-14(24)20-11(23)7-21(2)6-10(22)19-9-5-4-8(15)12(16)13(9)17/h4-5H,3,6-7H2,1-2H3,(H,19,22)(H2,18,20,23,24). The number of carbonyl (C=O) groups is 3. The zero-order chi connectivity index (χ0) is 18.3. The lowest BCUT2D eigenvalue weighted by Crippen LogP contribution is -2.44. The average molecular weight is 346 g/mol. The van der Waals surface area contributed by atoms with Crippen molar-refractivity contribution in [3.05, 3.63) is 29.6 Å². The molecule has 0 saturated carbocycles. The van der Waals surface area contributed by atoms with E-state index in [4.69, 9.17) is 0 Å². The van der Waals surface area contributed by atoms with Crippen molar-refractivity contribution in [2.24, 2.45) is 0 Å². The molecular weight excluding hydrogens is 329 g/mol. The Morgan fingerprint density at radius 2 is 1.67 bits per heavy atom. The van der Waals surface area contributed by atoms with Gasteiger partial charge in [0, 0.05) is 6.54 Å². The van der Waals surface area contributed by atoms with E-state index < -0.39 is 41.0 Å². The van der Waals surface area contributed by atoms with E-state index in [1.54, 1.807) is 6.92 Å². The topological polar surface area (TPSA) is 90.5 Å². The second-order valence-electron chi connectivity index (χ2n) is 4.85. The molecule has 24 heavy (non-hydrogen) atoms. The summed E-state index contributed by atoms with van der Waals surface area (Å²) in [5.74, 6) is -5.96. The molecule has 4 amide bonds. The smallest absolute Gasteiger partial charge is 0.321 e. The third-order valence-corrected chi connectivity index (χ3v) is 2.73. The van der Waals surface area contributed by atoms with Crippen LogP contribution in [0, 0.1) is 17.5 Å². The number of hydrogen-bond donors (Lipinski definition) is 3. The lowest BCUT2D eigenvalue weighted by molar-refractivity contribution is -0.122. The second-order valence-corrected chi connectivity index (χ2v) is 4.85. The van der Waals surface area contributed by atoms with Crippen molar-refractivity contribution in [3.63, 3.8) is 0 Å². The molecule has 0 aliphatic heterocycles. The molecule has 0 spiro atoms. The van der Waals surface area contributed by atoms with Gasteiger partial charge < -0.3 is 10.6 Å². The lowest BCUT2D eigenvalue weighted by Gasteiger charge is -2.16. The van der Waals surface area contributed by atoms with Crippen molar-refractivity contribution < 1.29 is 27.6 Å². The molecule has 0 radical (unpaired) electrons. The highest BCUT2D eigenvalue weighted by molar-refractivity contribution is 5.96. The number of carbonyl (C=O) groups excluding carboxylic acids is 3. The first-order chi connectivity index (χ1) is 11.2. The zero-order valence-corrected chi connectivity index (χ0v) is 13.1. The highest BCUT2D eigenvalue weighted by atomic mass is 19.2. The maximum Gasteiger partial charge on any atom is 0.321 e. The van der Waals surface area contributed by atoms with Crippen LogP contribution in [-0.2, 0) is 9.59 Å². The van der Waals surface area contributed by atoms with Gasteiger partial charge >= 0.3 is 6.03 Å². The van der Waals surface area contributed by atoms with E-state index in [-0.39, 0.29) is 13.1 Å². The predicted octanol–water partition coefficient (Wildman–Crippen LogP) is 0.820. The van der Waals surface area contributed by atoms with Crippen LogP contribution >= 0.6 is 0 Å². The molecule has 7 nitrogen and oxygen atoms in total. The van der Waals surface area contributed by atoms with Crippen molar-refractivity contribution in [1.82, 2.24) is 15.5 Å². The van der Waals surface area contributed by atoms with E-state index in [1.807, 2.05) is 5.32 Å². The monoisotopic (exact) mass is 346 g/mol. The molecule has 0 heterocycles. The van der Waals surface area contributed by atoms with Gasteiger partial charge in [0.25, 0.3) is 0 Å². The fourth-order valence-electron chi connectivity index (χ4n) is 1.73. The maximum absolute atomic E-state index is 13.4. The highest BCUT2D eigenvalue weighted by Crippen LogP contribution is 2.19. The summed E-state index contributed by atoms with van der Waals surface area (Å²) in [7, 11) is 1.42. The number of rotatable bonds is 6. The number of nitrogens with one attached hydrogen (secondary N) is 3. The van der Waals surface area contributed by atoms with Gasteiger partial charge in [0.15, 0.2) is 17.5 Å². The second kappa shape index (κ2) is 8.87. The minimum atomic E-state index is -1.69. The van der Waals surface area contributed by atoms with Gasteiger partial charge in [-0.3, -0.25) is 19.8 Å². The molecular formula is C14H17F3N4O3. The molecule has 0 aromatic heterocycles. The molecule has 0 aliphatic rings. The molecule has 10 heteroatoms. The molecule has 0 bridgehead atoms. The minimum Gasteiger partial charge on any atom is -0.338 e. The number of amides is 4. The number of urea groups is 1. The highest BCUT2D eigenvalue weighted by Gasteiger charge is 2.17. The first-order valence-electron chi connectivity index (χ1n) is 6.94. The summed E-state index contributed by atoms with van der Waals surface area (Å²) >= 11 is 0. The molecule has 0 saturated heterocycles. The van der Waals surface area contributed by atoms with Crippen LogP contribution in [-0.4, -0.2) is 49.4 Å². The van der Waals surface area contributed by atoms with Crippen LogP contribution < -0.4 is 16.0 Å². The molecule has 132 valence electrons. The van der Waals surface area contributed by atoms with Crippen molar-refractivity contribution >= 4 is 23.5 Å². The Morgan fingerprint density at radius 1 is 1.04 bits per heavy atom. The van der Waals surface area contributed by atoms with Gasteiger partial charge in [-0.25, -0.2) is 18.0 Å². The Balaban J connectivity index is 2.51. The molecule has 1 rings (SSSR count). The lowest BCUT2D eigenvalue weighted by atomic mass is 10.2. The number of hydrogen-bond acceptors (Lipinski definition) is 4. The summed E-state index contributed by atoms with van der Waals surface area (Å²) in [4.78, 5) is 35.6. The van der Waals surface area contributed by atoms with Crippen LogP contribution in [0.5, 0.6) is 0 Å². The van der Waals surface area contributed by atoms with E-state index in [0.29, 0.717) is 12.6 Å². The minimum absolute atomic E-state index is 0.273. The van der Waals surface area contributed by atoms with Gasteiger partial charge in [-0.1, -0.05) is 0 Å². The van der Waals surface area contributed by atoms with Gasteiger partial charge in [-0.2, -0.15) is 0 Å². The summed E-state index contributed by atoms with van der Waals surface area (Å²) in [6, 6.07) is 0.898. The van der Waals surface area contributed by atoms with Crippen LogP contribution in [0.25, 0.3) is 0 Å². The average Bonchev–Trinajstić information content (AvgIpc) is 2.47. The number of anilines is 1. The van der Waals surface area contributed by atoms with E-state index in [9.17, 15) is 27.6 Å². The predicted molar refractivity (Wildman–Crippen MR) is 79.7 cm³/mol. The number of nitrogens with zero attached hydrogens (tertiary/aromatic N) is 1. The third-order valence-electron chi connectivity index (χ3n) is 2.73. The van der Waals surface area contributed by atoms with Crippen molar-refractivity contribution in [2.75, 3.05) is 32.0 Å². The van der Waals surface area contributed by atoms with Gasteiger partial charge in [0.05, 0.1) is 18.8 Å². The largest absolute Gasteiger partial charge is 0.338 e. The summed E-state index contributed by atoms with van der Waals surface area (Å²) in [5, 5.41) is 6.48. The Labute approximate surface area is 136 Å².